The molecule has 5 aromatic rings. The maximum absolute atomic E-state index is 3.23. The Hall–Kier alpha value is -2.74. The summed E-state index contributed by atoms with van der Waals surface area (Å²) < 4.78 is 2.33. The summed E-state index contributed by atoms with van der Waals surface area (Å²) in [7, 11) is 0. The van der Waals surface area contributed by atoms with E-state index < -0.39 is 18.9 Å². The van der Waals surface area contributed by atoms with Crippen LogP contribution >= 0.6 is 0 Å². The molecule has 0 aliphatic heterocycles. The van der Waals surface area contributed by atoms with E-state index in [1.165, 1.54) is 43.1 Å². The van der Waals surface area contributed by atoms with Crippen LogP contribution in [0.2, 0.25) is 0 Å². The van der Waals surface area contributed by atoms with Gasteiger partial charge in [0.05, 0.1) is 0 Å². The molecule has 2 aliphatic rings. The minimum atomic E-state index is -3.23. The van der Waals surface area contributed by atoms with Crippen molar-refractivity contribution in [1.29, 1.82) is 0 Å². The van der Waals surface area contributed by atoms with E-state index in [2.05, 4.69) is 160 Å². The van der Waals surface area contributed by atoms with Crippen LogP contribution in [0.25, 0.3) is 34.4 Å². The number of hydrogen-bond acceptors (Lipinski definition) is 0. The summed E-state index contributed by atoms with van der Waals surface area (Å²) in [5.41, 5.74) is 16.3. The number of rotatable bonds is 8. The van der Waals surface area contributed by atoms with Gasteiger partial charge in [0.15, 0.2) is 0 Å². The second kappa shape index (κ2) is 14.4. The molecule has 5 aromatic carbocycles. The third-order valence-corrected chi connectivity index (χ3v) is 27.8. The molecule has 4 heteroatoms. The maximum Gasteiger partial charge on any atom is -1.00 e. The average Bonchev–Trinajstić information content (AvgIpc) is 3.65. The van der Waals surface area contributed by atoms with Crippen molar-refractivity contribution in [2.75, 3.05) is 0 Å². The molecule has 0 aromatic heterocycles. The van der Waals surface area contributed by atoms with E-state index in [4.69, 9.17) is 0 Å². The van der Waals surface area contributed by atoms with E-state index in [1.807, 2.05) is 0 Å². The zero-order valence-electron chi connectivity index (χ0n) is 26.0. The molecule has 0 saturated heterocycles. The summed E-state index contributed by atoms with van der Waals surface area (Å²) in [6.45, 7) is 7.27. The first-order valence-electron chi connectivity index (χ1n) is 15.8. The summed E-state index contributed by atoms with van der Waals surface area (Å²) in [6, 6.07) is 47.7. The van der Waals surface area contributed by atoms with Crippen molar-refractivity contribution in [2.45, 2.75) is 38.1 Å². The standard InChI is InChI=1S/2C17H15.C7H7.2ClH.H2Si.Zr/c2*1-2-13-11-15-9-6-10-16(17(15)12-13)14-7-4-3-5-8-14;1-7-5-3-2-4-6-7;;;;/h2*3-12H,2H2,1H3;2-6H,1H2;2*1H;1H2;/q;;;;;;+2/p-2. The van der Waals surface area contributed by atoms with E-state index in [0.29, 0.717) is 7.25 Å². The smallest absolute Gasteiger partial charge is 1.00 e. The number of halogens is 2. The van der Waals surface area contributed by atoms with Gasteiger partial charge in [-0.15, -0.1) is 0 Å². The topological polar surface area (TPSA) is 0 Å². The monoisotopic (exact) mass is 719 g/mol. The van der Waals surface area contributed by atoms with Crippen LogP contribution < -0.4 is 24.8 Å². The van der Waals surface area contributed by atoms with Gasteiger partial charge in [0.25, 0.3) is 0 Å². The van der Waals surface area contributed by atoms with Crippen LogP contribution in [0.4, 0.5) is 0 Å². The fraction of sp³-hybridized carbons (Fsp3) is 0.171. The molecule has 0 heterocycles. The van der Waals surface area contributed by atoms with Crippen molar-refractivity contribution >= 4 is 19.0 Å². The van der Waals surface area contributed by atoms with Gasteiger partial charge in [-0.25, -0.2) is 0 Å². The van der Waals surface area contributed by atoms with Crippen LogP contribution in [0.1, 0.15) is 61.8 Å². The minimum Gasteiger partial charge on any atom is -1.00 e. The molecule has 0 saturated carbocycles. The molecule has 0 N–H and O–H groups in total. The van der Waals surface area contributed by atoms with Gasteiger partial charge in [-0.05, 0) is 0 Å². The normalized spacial score (nSPS) is 16.8. The molecule has 2 unspecified atom stereocenters. The Kier molecular flexibility index (Phi) is 10.7. The number of fused-ring (bicyclic) bond motifs is 2. The van der Waals surface area contributed by atoms with Crippen LogP contribution in [-0.4, -0.2) is 6.88 Å². The fourth-order valence-electron chi connectivity index (χ4n) is 7.98. The first-order chi connectivity index (χ1) is 21.1. The Morgan fingerprint density at radius 3 is 1.31 bits per heavy atom. The van der Waals surface area contributed by atoms with Crippen molar-refractivity contribution < 1.29 is 43.7 Å². The number of hydrogen-bond donors (Lipinski definition) is 0. The van der Waals surface area contributed by atoms with Crippen molar-refractivity contribution in [2.24, 2.45) is 0 Å². The largest absolute Gasteiger partial charge is 1.00 e. The molecule has 0 bridgehead atoms. The van der Waals surface area contributed by atoms with Crippen LogP contribution in [0.5, 0.6) is 0 Å². The summed E-state index contributed by atoms with van der Waals surface area (Å²) in [5, 5.41) is 0. The molecular formula is C41H39Cl2SiZr. The molecule has 0 amide bonds. The second-order valence-corrected chi connectivity index (χ2v) is 29.8. The van der Waals surface area contributed by atoms with Crippen LogP contribution in [-0.2, 0) is 23.0 Å². The summed E-state index contributed by atoms with van der Waals surface area (Å²) in [4.78, 5) is 0. The average molecular weight is 722 g/mol. The molecule has 2 atom stereocenters. The summed E-state index contributed by atoms with van der Waals surface area (Å²) in [5.74, 6) is 0. The predicted octanol–water partition coefficient (Wildman–Crippen LogP) is 4.33. The Morgan fingerprint density at radius 2 is 0.911 bits per heavy atom. The molecule has 45 heavy (non-hydrogen) atoms. The van der Waals surface area contributed by atoms with Gasteiger partial charge < -0.3 is 24.8 Å². The first kappa shape index (κ1) is 33.6. The zero-order chi connectivity index (χ0) is 29.4. The third-order valence-electron chi connectivity index (χ3n) is 9.81. The van der Waals surface area contributed by atoms with Crippen molar-refractivity contribution in [3.8, 4) is 22.3 Å². The summed E-state index contributed by atoms with van der Waals surface area (Å²) >= 11 is -3.23. The zero-order valence-corrected chi connectivity index (χ0v) is 31.4. The quantitative estimate of drug-likeness (QED) is 0.210. The predicted molar refractivity (Wildman–Crippen MR) is 184 cm³/mol. The van der Waals surface area contributed by atoms with Crippen molar-refractivity contribution in [1.82, 2.24) is 0 Å². The Bertz CT molecular complexity index is 1780. The van der Waals surface area contributed by atoms with Gasteiger partial charge in [-0.2, -0.15) is 0 Å². The van der Waals surface area contributed by atoms with Crippen LogP contribution in [0.15, 0.2) is 139 Å². The van der Waals surface area contributed by atoms with Crippen LogP contribution in [0, 0.1) is 0 Å². The molecule has 0 fully saturated rings. The molecule has 0 spiro atoms. The van der Waals surface area contributed by atoms with Gasteiger partial charge >= 0.3 is 265 Å². The van der Waals surface area contributed by atoms with E-state index in [1.54, 1.807) is 22.3 Å². The fourth-order valence-corrected chi connectivity index (χ4v) is 29.0. The number of benzene rings is 5. The molecule has 0 radical (unpaired) electrons. The van der Waals surface area contributed by atoms with Gasteiger partial charge in [-0.3, -0.25) is 0 Å². The van der Waals surface area contributed by atoms with Crippen molar-refractivity contribution in [3.05, 3.63) is 166 Å². The first-order valence-corrected chi connectivity index (χ1v) is 26.3. The second-order valence-electron chi connectivity index (χ2n) is 12.3. The van der Waals surface area contributed by atoms with Gasteiger partial charge in [0.1, 0.15) is 0 Å². The number of allylic oxidation sites excluding steroid dienone is 2. The molecular weight excluding hydrogens is 683 g/mol. The SMILES string of the molecule is CCC1=Cc2c(-c3ccccc3)cccc2[CH]1[Zr+2](=[SiH2])([CH2]c1ccccc1)[CH]1C(CC)=Cc2c(-c3ccccc3)cccc21.[Cl-].[Cl-]. The van der Waals surface area contributed by atoms with Crippen molar-refractivity contribution in [3.63, 3.8) is 0 Å². The van der Waals surface area contributed by atoms with Gasteiger partial charge in [-0.1, -0.05) is 0 Å². The molecule has 2 aliphatic carbocycles. The Labute approximate surface area is 287 Å². The van der Waals surface area contributed by atoms with Gasteiger partial charge in [0.2, 0.25) is 0 Å². The Balaban J connectivity index is 0.00000200. The van der Waals surface area contributed by atoms with E-state index >= 15 is 0 Å². The Morgan fingerprint density at radius 1 is 0.511 bits per heavy atom. The summed E-state index contributed by atoms with van der Waals surface area (Å²) in [6.07, 6.45) is 7.40. The van der Waals surface area contributed by atoms with Crippen LogP contribution in [0.3, 0.4) is 0 Å². The molecule has 7 rings (SSSR count). The maximum atomic E-state index is 2.60. The van der Waals surface area contributed by atoms with Gasteiger partial charge in [0, 0.05) is 0 Å². The van der Waals surface area contributed by atoms with E-state index in [9.17, 15) is 0 Å². The van der Waals surface area contributed by atoms with E-state index in [0.717, 1.165) is 12.8 Å². The van der Waals surface area contributed by atoms with E-state index in [-0.39, 0.29) is 24.8 Å². The third kappa shape index (κ3) is 6.08. The molecule has 0 nitrogen and oxygen atoms in total. The minimum absolute atomic E-state index is 0. The molecule has 225 valence electrons.